The van der Waals surface area contributed by atoms with Crippen LogP contribution in [0.4, 0.5) is 5.69 Å². The lowest BCUT2D eigenvalue weighted by molar-refractivity contribution is -0.104. The van der Waals surface area contributed by atoms with E-state index in [4.69, 9.17) is 4.74 Å². The smallest absolute Gasteiger partial charge is 0.142 e. The average Bonchev–Trinajstić information content (AvgIpc) is 2.43. The van der Waals surface area contributed by atoms with Crippen LogP contribution in [0.15, 0.2) is 42.1 Å². The van der Waals surface area contributed by atoms with Crippen molar-refractivity contribution in [3.63, 3.8) is 0 Å². The van der Waals surface area contributed by atoms with E-state index in [2.05, 4.69) is 18.3 Å². The van der Waals surface area contributed by atoms with Crippen molar-refractivity contribution in [1.29, 1.82) is 0 Å². The first-order chi connectivity index (χ1) is 8.74. The maximum absolute atomic E-state index is 10.3. The molecule has 3 heteroatoms. The van der Waals surface area contributed by atoms with Gasteiger partial charge in [0, 0.05) is 11.4 Å². The summed E-state index contributed by atoms with van der Waals surface area (Å²) in [4.78, 5) is 10.3. The molecule has 0 saturated heterocycles. The van der Waals surface area contributed by atoms with Crippen LogP contribution in [0, 0.1) is 0 Å². The highest BCUT2D eigenvalue weighted by Gasteiger charge is 2.02. The number of ether oxygens (including phenoxy) is 1. The van der Waals surface area contributed by atoms with E-state index in [1.807, 2.05) is 25.1 Å². The van der Waals surface area contributed by atoms with Crippen molar-refractivity contribution in [1.82, 2.24) is 0 Å². The molecule has 0 aliphatic carbocycles. The standard InChI is InChI=1S/C15H19NO2/c1-4-12-11-14(8-9-15(12)18-3)16-13(5-2)7-6-10-17/h5-11,16H,4H2,1-3H3/b7-6-,13-5+. The minimum Gasteiger partial charge on any atom is -0.496 e. The van der Waals surface area contributed by atoms with Crippen LogP contribution in [0.5, 0.6) is 5.75 Å². The Bertz CT molecular complexity index is 462. The fourth-order valence-electron chi connectivity index (χ4n) is 1.65. The molecule has 1 N–H and O–H groups in total. The lowest BCUT2D eigenvalue weighted by atomic mass is 10.1. The van der Waals surface area contributed by atoms with Crippen molar-refractivity contribution < 1.29 is 9.53 Å². The summed E-state index contributed by atoms with van der Waals surface area (Å²) in [5.74, 6) is 0.897. The number of aryl methyl sites for hydroxylation is 1. The molecule has 0 atom stereocenters. The fraction of sp³-hybridized carbons (Fsp3) is 0.267. The first-order valence-corrected chi connectivity index (χ1v) is 5.97. The van der Waals surface area contributed by atoms with Gasteiger partial charge in [-0.05, 0) is 49.3 Å². The molecule has 0 aliphatic rings. The number of aldehydes is 1. The largest absolute Gasteiger partial charge is 0.496 e. The van der Waals surface area contributed by atoms with Gasteiger partial charge < -0.3 is 10.1 Å². The van der Waals surface area contributed by atoms with E-state index in [1.54, 1.807) is 13.2 Å². The van der Waals surface area contributed by atoms with Gasteiger partial charge >= 0.3 is 0 Å². The topological polar surface area (TPSA) is 38.3 Å². The second-order valence-electron chi connectivity index (χ2n) is 3.74. The lowest BCUT2D eigenvalue weighted by Crippen LogP contribution is -1.98. The van der Waals surface area contributed by atoms with E-state index in [0.717, 1.165) is 35.4 Å². The molecule has 1 rings (SSSR count). The Labute approximate surface area is 108 Å². The molecular formula is C15H19NO2. The molecule has 18 heavy (non-hydrogen) atoms. The molecule has 0 aromatic heterocycles. The highest BCUT2D eigenvalue weighted by Crippen LogP contribution is 2.23. The average molecular weight is 245 g/mol. The molecule has 0 spiro atoms. The highest BCUT2D eigenvalue weighted by molar-refractivity contribution is 5.67. The first kappa shape index (κ1) is 14.0. The number of hydrogen-bond acceptors (Lipinski definition) is 3. The summed E-state index contributed by atoms with van der Waals surface area (Å²) in [5, 5.41) is 3.25. The van der Waals surface area contributed by atoms with Crippen LogP contribution >= 0.6 is 0 Å². The summed E-state index contributed by atoms with van der Waals surface area (Å²) in [6.07, 6.45) is 6.79. The van der Waals surface area contributed by atoms with Gasteiger partial charge in [-0.1, -0.05) is 13.0 Å². The molecule has 3 nitrogen and oxygen atoms in total. The summed E-state index contributed by atoms with van der Waals surface area (Å²) in [6, 6.07) is 5.95. The molecule has 0 saturated carbocycles. The van der Waals surface area contributed by atoms with E-state index in [-0.39, 0.29) is 0 Å². The number of carbonyl (C=O) groups excluding carboxylic acids is 1. The van der Waals surface area contributed by atoms with Crippen LogP contribution < -0.4 is 10.1 Å². The van der Waals surface area contributed by atoms with E-state index >= 15 is 0 Å². The minimum atomic E-state index is 0.761. The van der Waals surface area contributed by atoms with Crippen LogP contribution in [-0.2, 0) is 11.2 Å². The second kappa shape index (κ2) is 7.33. The molecule has 0 amide bonds. The lowest BCUT2D eigenvalue weighted by Gasteiger charge is -2.11. The van der Waals surface area contributed by atoms with Crippen molar-refractivity contribution in [2.75, 3.05) is 12.4 Å². The Morgan fingerprint density at radius 1 is 1.44 bits per heavy atom. The van der Waals surface area contributed by atoms with Crippen LogP contribution in [0.25, 0.3) is 0 Å². The normalized spacial score (nSPS) is 11.6. The van der Waals surface area contributed by atoms with Gasteiger partial charge in [0.05, 0.1) is 7.11 Å². The van der Waals surface area contributed by atoms with Gasteiger partial charge in [0.2, 0.25) is 0 Å². The summed E-state index contributed by atoms with van der Waals surface area (Å²) in [5.41, 5.74) is 3.02. The van der Waals surface area contributed by atoms with E-state index in [0.29, 0.717) is 0 Å². The number of rotatable bonds is 6. The predicted octanol–water partition coefficient (Wildman–Crippen LogP) is 3.33. The highest BCUT2D eigenvalue weighted by atomic mass is 16.5. The number of nitrogens with one attached hydrogen (secondary N) is 1. The van der Waals surface area contributed by atoms with Crippen molar-refractivity contribution in [3.8, 4) is 5.75 Å². The Balaban J connectivity index is 2.90. The van der Waals surface area contributed by atoms with E-state index in [9.17, 15) is 4.79 Å². The van der Waals surface area contributed by atoms with E-state index < -0.39 is 0 Å². The summed E-state index contributed by atoms with van der Waals surface area (Å²) in [6.45, 7) is 4.01. The van der Waals surface area contributed by atoms with Crippen LogP contribution in [-0.4, -0.2) is 13.4 Å². The zero-order valence-corrected chi connectivity index (χ0v) is 11.1. The number of methoxy groups -OCH3 is 1. The number of allylic oxidation sites excluding steroid dienone is 3. The molecule has 0 aliphatic heterocycles. The molecule has 1 aromatic rings. The number of hydrogen-bond donors (Lipinski definition) is 1. The maximum atomic E-state index is 10.3. The van der Waals surface area contributed by atoms with Crippen LogP contribution in [0.2, 0.25) is 0 Å². The summed E-state index contributed by atoms with van der Waals surface area (Å²) in [7, 11) is 1.67. The van der Waals surface area contributed by atoms with Gasteiger partial charge in [-0.3, -0.25) is 4.79 Å². The van der Waals surface area contributed by atoms with Crippen molar-refractivity contribution in [2.45, 2.75) is 20.3 Å². The zero-order valence-electron chi connectivity index (χ0n) is 11.1. The van der Waals surface area contributed by atoms with Gasteiger partial charge in [0.1, 0.15) is 12.0 Å². The first-order valence-electron chi connectivity index (χ1n) is 5.97. The molecule has 0 radical (unpaired) electrons. The SMILES string of the molecule is C/C=C(\C=C/C=O)Nc1ccc(OC)c(CC)c1. The van der Waals surface area contributed by atoms with Crippen LogP contribution in [0.3, 0.4) is 0 Å². The molecule has 0 unspecified atom stereocenters. The Kier molecular flexibility index (Phi) is 5.71. The Morgan fingerprint density at radius 3 is 2.78 bits per heavy atom. The quantitative estimate of drug-likeness (QED) is 0.474. The van der Waals surface area contributed by atoms with Crippen molar-refractivity contribution >= 4 is 12.0 Å². The predicted molar refractivity (Wildman–Crippen MR) is 75.0 cm³/mol. The summed E-state index contributed by atoms with van der Waals surface area (Å²) < 4.78 is 5.28. The molecule has 0 heterocycles. The number of carbonyl (C=O) groups is 1. The number of benzene rings is 1. The monoisotopic (exact) mass is 245 g/mol. The Morgan fingerprint density at radius 2 is 2.22 bits per heavy atom. The zero-order chi connectivity index (χ0) is 13.4. The Hall–Kier alpha value is -2.03. The molecule has 0 fully saturated rings. The minimum absolute atomic E-state index is 0.761. The molecule has 0 bridgehead atoms. The van der Waals surface area contributed by atoms with Crippen molar-refractivity contribution in [2.24, 2.45) is 0 Å². The van der Waals surface area contributed by atoms with Gasteiger partial charge in [0.15, 0.2) is 0 Å². The third-order valence-electron chi connectivity index (χ3n) is 2.62. The molecule has 96 valence electrons. The fourth-order valence-corrected chi connectivity index (χ4v) is 1.65. The van der Waals surface area contributed by atoms with Gasteiger partial charge in [-0.15, -0.1) is 0 Å². The number of anilines is 1. The van der Waals surface area contributed by atoms with Gasteiger partial charge in [-0.25, -0.2) is 0 Å². The third kappa shape index (κ3) is 3.77. The summed E-state index contributed by atoms with van der Waals surface area (Å²) >= 11 is 0. The maximum Gasteiger partial charge on any atom is 0.142 e. The molecule has 1 aromatic carbocycles. The van der Waals surface area contributed by atoms with Gasteiger partial charge in [-0.2, -0.15) is 0 Å². The molecular weight excluding hydrogens is 226 g/mol. The second-order valence-corrected chi connectivity index (χ2v) is 3.74. The van der Waals surface area contributed by atoms with Crippen LogP contribution in [0.1, 0.15) is 19.4 Å². The van der Waals surface area contributed by atoms with Gasteiger partial charge in [0.25, 0.3) is 0 Å². The third-order valence-corrected chi connectivity index (χ3v) is 2.62. The van der Waals surface area contributed by atoms with E-state index in [1.165, 1.54) is 6.08 Å². The van der Waals surface area contributed by atoms with Crippen molar-refractivity contribution in [3.05, 3.63) is 47.7 Å².